The van der Waals surface area contributed by atoms with Crippen molar-refractivity contribution in [3.05, 3.63) is 11.6 Å². The number of aliphatic hydroxyl groups is 3. The van der Waals surface area contributed by atoms with Crippen LogP contribution in [-0.2, 0) is 14.3 Å². The Morgan fingerprint density at radius 2 is 1.57 bits per heavy atom. The van der Waals surface area contributed by atoms with Crippen LogP contribution in [0.2, 0.25) is 0 Å². The minimum Gasteiger partial charge on any atom is -0.481 e. The molecule has 0 spiro atoms. The molecular weight excluding hydrogens is 532 g/mol. The van der Waals surface area contributed by atoms with E-state index in [-0.39, 0.29) is 45.7 Å². The zero-order valence-electron chi connectivity index (χ0n) is 27.0. The Morgan fingerprint density at radius 3 is 2.26 bits per heavy atom. The summed E-state index contributed by atoms with van der Waals surface area (Å²) in [5.74, 6) is 0.465. The van der Waals surface area contributed by atoms with Crippen LogP contribution in [0.3, 0.4) is 0 Å². The molecule has 5 fully saturated rings. The van der Waals surface area contributed by atoms with Gasteiger partial charge in [0.15, 0.2) is 6.29 Å². The second-order valence-corrected chi connectivity index (χ2v) is 17.4. The third-order valence-electron chi connectivity index (χ3n) is 14.8. The summed E-state index contributed by atoms with van der Waals surface area (Å²) >= 11 is 0. The highest BCUT2D eigenvalue weighted by molar-refractivity contribution is 5.76. The molecule has 1 heterocycles. The lowest BCUT2D eigenvalue weighted by Gasteiger charge is -2.71. The van der Waals surface area contributed by atoms with Gasteiger partial charge in [-0.2, -0.15) is 0 Å². The lowest BCUT2D eigenvalue weighted by atomic mass is 9.33. The third-order valence-corrected chi connectivity index (χ3v) is 14.8. The van der Waals surface area contributed by atoms with Gasteiger partial charge in [0.25, 0.3) is 0 Å². The van der Waals surface area contributed by atoms with E-state index in [2.05, 4.69) is 54.5 Å². The number of rotatable bonds is 3. The molecule has 4 N–H and O–H groups in total. The Hall–Kier alpha value is -0.990. The Morgan fingerprint density at radius 1 is 0.881 bits per heavy atom. The minimum atomic E-state index is -1.27. The third kappa shape index (κ3) is 4.12. The Labute approximate surface area is 252 Å². The summed E-state index contributed by atoms with van der Waals surface area (Å²) in [5, 5.41) is 41.3. The Kier molecular flexibility index (Phi) is 7.20. The van der Waals surface area contributed by atoms with Gasteiger partial charge in [0, 0.05) is 0 Å². The van der Waals surface area contributed by atoms with Crippen LogP contribution >= 0.6 is 0 Å². The predicted molar refractivity (Wildman–Crippen MR) is 159 cm³/mol. The number of carboxylic acids is 1. The number of hydrogen-bond acceptors (Lipinski definition) is 6. The molecular formula is C35H56O7. The van der Waals surface area contributed by atoms with Crippen molar-refractivity contribution in [1.29, 1.82) is 0 Å². The predicted octanol–water partition coefficient (Wildman–Crippen LogP) is 5.70. The second-order valence-electron chi connectivity index (χ2n) is 17.4. The molecule has 6 aliphatic rings. The first-order valence-corrected chi connectivity index (χ1v) is 16.7. The molecule has 0 amide bonds. The van der Waals surface area contributed by atoms with Crippen LogP contribution < -0.4 is 0 Å². The fraction of sp³-hybridized carbons (Fsp3) is 0.914. The Balaban J connectivity index is 1.30. The van der Waals surface area contributed by atoms with E-state index in [1.54, 1.807) is 0 Å². The first kappa shape index (κ1) is 31.0. The van der Waals surface area contributed by atoms with Gasteiger partial charge in [0.05, 0.1) is 18.1 Å². The molecule has 0 aromatic carbocycles. The van der Waals surface area contributed by atoms with Gasteiger partial charge in [-0.05, 0) is 109 Å². The maximum atomic E-state index is 12.9. The van der Waals surface area contributed by atoms with Crippen molar-refractivity contribution in [3.63, 3.8) is 0 Å². The summed E-state index contributed by atoms with van der Waals surface area (Å²) in [4.78, 5) is 12.9. The summed E-state index contributed by atoms with van der Waals surface area (Å²) in [5.41, 5.74) is 1.05. The van der Waals surface area contributed by atoms with E-state index in [1.807, 2.05) is 0 Å². The first-order chi connectivity index (χ1) is 19.4. The molecule has 0 aromatic heterocycles. The summed E-state index contributed by atoms with van der Waals surface area (Å²) in [6.07, 6.45) is 7.38. The van der Waals surface area contributed by atoms with Crippen LogP contribution in [0, 0.1) is 50.2 Å². The lowest BCUT2D eigenvalue weighted by Crippen LogP contribution is -2.65. The number of allylic oxidation sites excluding steroid dienone is 2. The highest BCUT2D eigenvalue weighted by Crippen LogP contribution is 2.75. The van der Waals surface area contributed by atoms with Crippen molar-refractivity contribution < 1.29 is 34.7 Å². The van der Waals surface area contributed by atoms with Crippen LogP contribution in [0.4, 0.5) is 0 Å². The molecule has 5 aliphatic carbocycles. The maximum absolute atomic E-state index is 12.9. The SMILES string of the molecule is CC1(C)CCC2(C(=O)O)CCC3(C)C(=CCC4C5(C)CCC(OC6OCC(O)C(O)C6O)C(C)(C)C5CCC43C)C2C1. The highest BCUT2D eigenvalue weighted by Gasteiger charge is 2.69. The molecule has 7 nitrogen and oxygen atoms in total. The van der Waals surface area contributed by atoms with Crippen LogP contribution in [0.25, 0.3) is 0 Å². The minimum absolute atomic E-state index is 0.00452. The maximum Gasteiger partial charge on any atom is 0.310 e. The standard InChI is InChI=1S/C35H56O7/c1-30(2)14-16-35(29(39)40)17-15-33(6)20(21(35)18-30)8-9-24-32(5)12-11-25(31(3,4)23(32)10-13-34(24,33)7)42-28-27(38)26(37)22(36)19-41-28/h8,21-28,36-38H,9-19H2,1-7H3,(H,39,40). The molecule has 6 rings (SSSR count). The summed E-state index contributed by atoms with van der Waals surface area (Å²) < 4.78 is 12.1. The van der Waals surface area contributed by atoms with Crippen molar-refractivity contribution in [2.45, 2.75) is 143 Å². The molecule has 238 valence electrons. The molecule has 12 unspecified atom stereocenters. The zero-order valence-corrected chi connectivity index (χ0v) is 27.0. The molecule has 0 bridgehead atoms. The molecule has 0 aromatic rings. The molecule has 1 aliphatic heterocycles. The van der Waals surface area contributed by atoms with Gasteiger partial charge in [-0.15, -0.1) is 0 Å². The van der Waals surface area contributed by atoms with Crippen LogP contribution in [-0.4, -0.2) is 63.7 Å². The second kappa shape index (κ2) is 9.75. The molecule has 42 heavy (non-hydrogen) atoms. The van der Waals surface area contributed by atoms with E-state index >= 15 is 0 Å². The first-order valence-electron chi connectivity index (χ1n) is 16.7. The molecule has 0 radical (unpaired) electrons. The summed E-state index contributed by atoms with van der Waals surface area (Å²) in [7, 11) is 0. The van der Waals surface area contributed by atoms with Crippen molar-refractivity contribution in [2.24, 2.45) is 50.2 Å². The Bertz CT molecular complexity index is 1130. The molecule has 7 heteroatoms. The number of carboxylic acid groups (broad SMARTS) is 1. The highest BCUT2D eigenvalue weighted by atomic mass is 16.7. The monoisotopic (exact) mass is 588 g/mol. The van der Waals surface area contributed by atoms with E-state index in [0.29, 0.717) is 11.8 Å². The van der Waals surface area contributed by atoms with Crippen molar-refractivity contribution in [3.8, 4) is 0 Å². The van der Waals surface area contributed by atoms with Crippen LogP contribution in [0.5, 0.6) is 0 Å². The quantitative estimate of drug-likeness (QED) is 0.247. The van der Waals surface area contributed by atoms with E-state index in [4.69, 9.17) is 9.47 Å². The average molecular weight is 589 g/mol. The van der Waals surface area contributed by atoms with E-state index in [9.17, 15) is 25.2 Å². The number of aliphatic hydroxyl groups excluding tert-OH is 3. The fourth-order valence-corrected chi connectivity index (χ4v) is 11.9. The van der Waals surface area contributed by atoms with Gasteiger partial charge in [-0.3, -0.25) is 4.79 Å². The van der Waals surface area contributed by atoms with Crippen LogP contribution in [0.15, 0.2) is 11.6 Å². The number of hydrogen-bond donors (Lipinski definition) is 4. The van der Waals surface area contributed by atoms with E-state index < -0.39 is 36.0 Å². The van der Waals surface area contributed by atoms with Gasteiger partial charge in [0.2, 0.25) is 0 Å². The van der Waals surface area contributed by atoms with E-state index in [0.717, 1.165) is 64.2 Å². The molecule has 4 saturated carbocycles. The topological polar surface area (TPSA) is 116 Å². The summed E-state index contributed by atoms with van der Waals surface area (Å²) in [6, 6.07) is 0. The van der Waals surface area contributed by atoms with Gasteiger partial charge in [0.1, 0.15) is 18.3 Å². The number of aliphatic carboxylic acids is 1. The van der Waals surface area contributed by atoms with Crippen molar-refractivity contribution in [1.82, 2.24) is 0 Å². The number of ether oxygens (including phenoxy) is 2. The van der Waals surface area contributed by atoms with Gasteiger partial charge >= 0.3 is 5.97 Å². The fourth-order valence-electron chi connectivity index (χ4n) is 11.9. The van der Waals surface area contributed by atoms with Gasteiger partial charge in [-0.1, -0.05) is 60.1 Å². The van der Waals surface area contributed by atoms with E-state index in [1.165, 1.54) is 5.57 Å². The molecule has 12 atom stereocenters. The zero-order chi connectivity index (χ0) is 30.7. The van der Waals surface area contributed by atoms with Crippen molar-refractivity contribution in [2.75, 3.05) is 6.61 Å². The number of carbonyl (C=O) groups is 1. The van der Waals surface area contributed by atoms with Crippen molar-refractivity contribution >= 4 is 5.97 Å². The van der Waals surface area contributed by atoms with Gasteiger partial charge < -0.3 is 29.9 Å². The molecule has 1 saturated heterocycles. The number of fused-ring (bicyclic) bond motifs is 7. The van der Waals surface area contributed by atoms with Crippen LogP contribution in [0.1, 0.15) is 113 Å². The van der Waals surface area contributed by atoms with Gasteiger partial charge in [-0.25, -0.2) is 0 Å². The smallest absolute Gasteiger partial charge is 0.310 e. The normalized spacial score (nSPS) is 53.0. The summed E-state index contributed by atoms with van der Waals surface area (Å²) in [6.45, 7) is 16.8. The largest absolute Gasteiger partial charge is 0.481 e. The lowest BCUT2D eigenvalue weighted by molar-refractivity contribution is -0.308. The average Bonchev–Trinajstić information content (AvgIpc) is 2.90.